The van der Waals surface area contributed by atoms with Crippen molar-refractivity contribution in [2.45, 2.75) is 19.9 Å². The molecule has 1 N–H and O–H groups in total. The Kier molecular flexibility index (Phi) is 5.25. The maximum Gasteiger partial charge on any atom is 0.317 e. The predicted molar refractivity (Wildman–Crippen MR) is 67.6 cm³/mol. The summed E-state index contributed by atoms with van der Waals surface area (Å²) in [7, 11) is 0. The molecular formula is C14H17NO2. The van der Waals surface area contributed by atoms with Gasteiger partial charge >= 0.3 is 5.97 Å². The van der Waals surface area contributed by atoms with Crippen LogP contribution in [0.2, 0.25) is 0 Å². The molecule has 0 heterocycles. The van der Waals surface area contributed by atoms with E-state index in [4.69, 9.17) is 11.5 Å². The second kappa shape index (κ2) is 6.72. The topological polar surface area (TPSA) is 40.5 Å². The first kappa shape index (κ1) is 13.3. The molecule has 0 aliphatic carbocycles. The summed E-state index contributed by atoms with van der Waals surface area (Å²) in [5.74, 6) is 1.62. The molecule has 0 saturated heterocycles. The number of hydrogen-bond donors (Lipinski definition) is 1. The van der Waals surface area contributed by atoms with Gasteiger partial charge in [-0.2, -0.15) is 0 Å². The van der Waals surface area contributed by atoms with E-state index in [1.807, 2.05) is 12.1 Å². The van der Waals surface area contributed by atoms with Gasteiger partial charge in [-0.25, -0.2) is 0 Å². The highest BCUT2D eigenvalue weighted by Crippen LogP contribution is 2.07. The van der Waals surface area contributed by atoms with E-state index in [1.54, 1.807) is 4.90 Å². The van der Waals surface area contributed by atoms with E-state index >= 15 is 0 Å². The number of benzene rings is 1. The summed E-state index contributed by atoms with van der Waals surface area (Å²) in [5, 5.41) is 8.76. The Balaban J connectivity index is 2.65. The molecule has 90 valence electrons. The van der Waals surface area contributed by atoms with E-state index in [2.05, 4.69) is 25.0 Å². The highest BCUT2D eigenvalue weighted by Gasteiger charge is 2.08. The van der Waals surface area contributed by atoms with Gasteiger partial charge in [0, 0.05) is 6.54 Å². The van der Waals surface area contributed by atoms with Crippen molar-refractivity contribution in [1.29, 1.82) is 0 Å². The third-order valence-corrected chi connectivity index (χ3v) is 2.51. The molecule has 1 aromatic rings. The predicted octanol–water partition coefficient (Wildman–Crippen LogP) is 1.77. The highest BCUT2D eigenvalue weighted by molar-refractivity contribution is 5.69. The van der Waals surface area contributed by atoms with E-state index < -0.39 is 5.97 Å². The Morgan fingerprint density at radius 3 is 2.41 bits per heavy atom. The lowest BCUT2D eigenvalue weighted by Gasteiger charge is -2.17. The highest BCUT2D eigenvalue weighted by atomic mass is 16.4. The first-order valence-electron chi connectivity index (χ1n) is 5.61. The SMILES string of the molecule is C#CCN(CC(=O)O)Cc1ccc(CC)cc1. The number of aliphatic carboxylic acids is 1. The molecule has 0 aliphatic heterocycles. The molecule has 1 aromatic carbocycles. The lowest BCUT2D eigenvalue weighted by Crippen LogP contribution is -2.29. The number of terminal acetylenes is 1. The summed E-state index contributed by atoms with van der Waals surface area (Å²) in [6.07, 6.45) is 6.22. The second-order valence-electron chi connectivity index (χ2n) is 3.91. The first-order chi connectivity index (χ1) is 8.15. The normalized spacial score (nSPS) is 10.2. The van der Waals surface area contributed by atoms with Crippen LogP contribution in [-0.4, -0.2) is 29.1 Å². The van der Waals surface area contributed by atoms with Crippen molar-refractivity contribution in [2.24, 2.45) is 0 Å². The van der Waals surface area contributed by atoms with Gasteiger partial charge in [-0.05, 0) is 17.5 Å². The molecule has 0 amide bonds. The molecule has 0 unspecified atom stereocenters. The van der Waals surface area contributed by atoms with Crippen LogP contribution in [-0.2, 0) is 17.8 Å². The Labute approximate surface area is 102 Å². The summed E-state index contributed by atoms with van der Waals surface area (Å²) in [4.78, 5) is 12.4. The van der Waals surface area contributed by atoms with E-state index in [0.717, 1.165) is 12.0 Å². The van der Waals surface area contributed by atoms with Crippen LogP contribution in [0.1, 0.15) is 18.1 Å². The Hall–Kier alpha value is -1.79. The van der Waals surface area contributed by atoms with Crippen molar-refractivity contribution in [1.82, 2.24) is 4.90 Å². The lowest BCUT2D eigenvalue weighted by atomic mass is 10.1. The number of carbonyl (C=O) groups is 1. The Bertz CT molecular complexity index is 403. The molecular weight excluding hydrogens is 214 g/mol. The Morgan fingerprint density at radius 2 is 1.94 bits per heavy atom. The fraction of sp³-hybridized carbons (Fsp3) is 0.357. The summed E-state index contributed by atoms with van der Waals surface area (Å²) in [6, 6.07) is 8.16. The molecule has 0 spiro atoms. The Morgan fingerprint density at radius 1 is 1.35 bits per heavy atom. The van der Waals surface area contributed by atoms with Gasteiger partial charge in [0.2, 0.25) is 0 Å². The molecule has 1 rings (SSSR count). The quantitative estimate of drug-likeness (QED) is 0.758. The summed E-state index contributed by atoms with van der Waals surface area (Å²) < 4.78 is 0. The number of carboxylic acid groups (broad SMARTS) is 1. The van der Waals surface area contributed by atoms with Gasteiger partial charge < -0.3 is 5.11 Å². The minimum absolute atomic E-state index is 0.0280. The first-order valence-corrected chi connectivity index (χ1v) is 5.61. The van der Waals surface area contributed by atoms with Crippen LogP contribution in [0.25, 0.3) is 0 Å². The molecule has 0 bridgehead atoms. The van der Waals surface area contributed by atoms with Crippen LogP contribution in [0.4, 0.5) is 0 Å². The fourth-order valence-corrected chi connectivity index (χ4v) is 1.63. The molecule has 0 radical (unpaired) electrons. The fourth-order valence-electron chi connectivity index (χ4n) is 1.63. The minimum Gasteiger partial charge on any atom is -0.480 e. The van der Waals surface area contributed by atoms with E-state index in [1.165, 1.54) is 5.56 Å². The van der Waals surface area contributed by atoms with Crippen LogP contribution in [0.15, 0.2) is 24.3 Å². The van der Waals surface area contributed by atoms with Crippen LogP contribution in [0.5, 0.6) is 0 Å². The van der Waals surface area contributed by atoms with Crippen molar-refractivity contribution in [2.75, 3.05) is 13.1 Å². The van der Waals surface area contributed by atoms with Crippen molar-refractivity contribution >= 4 is 5.97 Å². The van der Waals surface area contributed by atoms with Crippen LogP contribution in [0, 0.1) is 12.3 Å². The third kappa shape index (κ3) is 4.71. The van der Waals surface area contributed by atoms with Crippen LogP contribution in [0.3, 0.4) is 0 Å². The van der Waals surface area contributed by atoms with Gasteiger partial charge in [0.25, 0.3) is 0 Å². The molecule has 3 heteroatoms. The maximum absolute atomic E-state index is 10.7. The molecule has 0 aliphatic rings. The van der Waals surface area contributed by atoms with E-state index in [0.29, 0.717) is 13.1 Å². The van der Waals surface area contributed by atoms with Gasteiger partial charge in [0.05, 0.1) is 13.1 Å². The summed E-state index contributed by atoms with van der Waals surface area (Å²) in [6.45, 7) is 2.99. The molecule has 0 atom stereocenters. The second-order valence-corrected chi connectivity index (χ2v) is 3.91. The van der Waals surface area contributed by atoms with Gasteiger partial charge in [0.1, 0.15) is 0 Å². The lowest BCUT2D eigenvalue weighted by molar-refractivity contribution is -0.138. The summed E-state index contributed by atoms with van der Waals surface area (Å²) in [5.41, 5.74) is 2.36. The number of hydrogen-bond acceptors (Lipinski definition) is 2. The van der Waals surface area contributed by atoms with Crippen LogP contribution < -0.4 is 0 Å². The molecule has 0 fully saturated rings. The maximum atomic E-state index is 10.7. The van der Waals surface area contributed by atoms with E-state index in [9.17, 15) is 4.79 Å². The zero-order valence-electron chi connectivity index (χ0n) is 10.0. The van der Waals surface area contributed by atoms with Crippen molar-refractivity contribution < 1.29 is 9.90 Å². The number of aryl methyl sites for hydroxylation is 1. The zero-order chi connectivity index (χ0) is 12.7. The van der Waals surface area contributed by atoms with Crippen molar-refractivity contribution in [3.05, 3.63) is 35.4 Å². The minimum atomic E-state index is -0.856. The van der Waals surface area contributed by atoms with E-state index in [-0.39, 0.29) is 6.54 Å². The largest absolute Gasteiger partial charge is 0.480 e. The molecule has 0 saturated carbocycles. The van der Waals surface area contributed by atoms with Gasteiger partial charge in [-0.3, -0.25) is 9.69 Å². The smallest absolute Gasteiger partial charge is 0.317 e. The number of carboxylic acids is 1. The molecule has 3 nitrogen and oxygen atoms in total. The van der Waals surface area contributed by atoms with Crippen LogP contribution >= 0.6 is 0 Å². The molecule has 17 heavy (non-hydrogen) atoms. The van der Waals surface area contributed by atoms with Gasteiger partial charge in [-0.15, -0.1) is 6.42 Å². The zero-order valence-corrected chi connectivity index (χ0v) is 10.0. The van der Waals surface area contributed by atoms with Gasteiger partial charge in [0.15, 0.2) is 0 Å². The van der Waals surface area contributed by atoms with Crippen molar-refractivity contribution in [3.8, 4) is 12.3 Å². The standard InChI is InChI=1S/C14H17NO2/c1-3-9-15(11-14(16)17)10-13-7-5-12(4-2)6-8-13/h1,5-8H,4,9-11H2,2H3,(H,16,17). The van der Waals surface area contributed by atoms with Crippen molar-refractivity contribution in [3.63, 3.8) is 0 Å². The average Bonchev–Trinajstić information content (AvgIpc) is 2.29. The molecule has 0 aromatic heterocycles. The number of nitrogens with zero attached hydrogens (tertiary/aromatic N) is 1. The average molecular weight is 231 g/mol. The number of rotatable bonds is 6. The van der Waals surface area contributed by atoms with Gasteiger partial charge in [-0.1, -0.05) is 37.1 Å². The monoisotopic (exact) mass is 231 g/mol. The third-order valence-electron chi connectivity index (χ3n) is 2.51. The summed E-state index contributed by atoms with van der Waals surface area (Å²) >= 11 is 0.